The van der Waals surface area contributed by atoms with Crippen LogP contribution in [0.2, 0.25) is 5.02 Å². The van der Waals surface area contributed by atoms with Gasteiger partial charge < -0.3 is 10.5 Å². The Bertz CT molecular complexity index is 645. The lowest BCUT2D eigenvalue weighted by Gasteiger charge is -2.15. The molecular weight excluding hydrogens is 286 g/mol. The van der Waals surface area contributed by atoms with Crippen molar-refractivity contribution < 1.29 is 9.53 Å². The second-order valence-corrected chi connectivity index (χ2v) is 5.84. The maximum atomic E-state index is 12.4. The highest BCUT2D eigenvalue weighted by Gasteiger charge is 2.52. The monoisotopic (exact) mass is 301 g/mol. The molecule has 0 unspecified atom stereocenters. The second-order valence-electron chi connectivity index (χ2n) is 5.41. The first kappa shape index (κ1) is 14.0. The van der Waals surface area contributed by atoms with Crippen LogP contribution in [0.15, 0.2) is 48.5 Å². The molecule has 0 spiro atoms. The normalized spacial score (nSPS) is 15.5. The summed E-state index contributed by atoms with van der Waals surface area (Å²) in [6.45, 7) is 0.271. The Kier molecular flexibility index (Phi) is 3.60. The molecule has 2 aromatic carbocycles. The van der Waals surface area contributed by atoms with Crippen LogP contribution < -0.4 is 5.73 Å². The summed E-state index contributed by atoms with van der Waals surface area (Å²) in [5.41, 5.74) is 7.83. The fraction of sp³-hybridized carbons (Fsp3) is 0.235. The van der Waals surface area contributed by atoms with E-state index in [1.54, 1.807) is 12.1 Å². The van der Waals surface area contributed by atoms with Crippen LogP contribution in [0.4, 0.5) is 5.69 Å². The Labute approximate surface area is 128 Å². The second kappa shape index (κ2) is 5.41. The van der Waals surface area contributed by atoms with Crippen LogP contribution in [-0.2, 0) is 21.6 Å². The summed E-state index contributed by atoms with van der Waals surface area (Å²) < 4.78 is 5.47. The van der Waals surface area contributed by atoms with E-state index in [9.17, 15) is 4.79 Å². The number of ether oxygens (including phenoxy) is 1. The first-order valence-electron chi connectivity index (χ1n) is 6.88. The van der Waals surface area contributed by atoms with Gasteiger partial charge in [-0.05, 0) is 48.2 Å². The Balaban J connectivity index is 1.67. The number of carbonyl (C=O) groups excluding carboxylic acids is 1. The molecule has 108 valence electrons. The zero-order valence-electron chi connectivity index (χ0n) is 11.5. The van der Waals surface area contributed by atoms with E-state index in [1.165, 1.54) is 0 Å². The number of benzene rings is 2. The summed E-state index contributed by atoms with van der Waals surface area (Å²) in [4.78, 5) is 12.4. The molecule has 0 atom stereocenters. The number of esters is 1. The van der Waals surface area contributed by atoms with Crippen molar-refractivity contribution in [3.63, 3.8) is 0 Å². The number of hydrogen-bond acceptors (Lipinski definition) is 3. The maximum Gasteiger partial charge on any atom is 0.316 e. The average Bonchev–Trinajstić information content (AvgIpc) is 3.29. The van der Waals surface area contributed by atoms with E-state index < -0.39 is 5.41 Å². The number of rotatable bonds is 4. The van der Waals surface area contributed by atoms with Gasteiger partial charge in [0.25, 0.3) is 0 Å². The largest absolute Gasteiger partial charge is 0.460 e. The molecule has 0 amide bonds. The van der Waals surface area contributed by atoms with Gasteiger partial charge in [0.2, 0.25) is 0 Å². The van der Waals surface area contributed by atoms with Gasteiger partial charge in [-0.2, -0.15) is 0 Å². The Hall–Kier alpha value is -2.00. The number of anilines is 1. The highest BCUT2D eigenvalue weighted by molar-refractivity contribution is 6.30. The summed E-state index contributed by atoms with van der Waals surface area (Å²) in [5.74, 6) is -0.165. The third kappa shape index (κ3) is 2.88. The average molecular weight is 302 g/mol. The molecule has 1 aliphatic rings. The summed E-state index contributed by atoms with van der Waals surface area (Å²) in [5, 5.41) is 0.672. The molecular formula is C17H16ClNO2. The van der Waals surface area contributed by atoms with E-state index in [-0.39, 0.29) is 12.6 Å². The number of hydrogen-bond donors (Lipinski definition) is 1. The van der Waals surface area contributed by atoms with Crippen molar-refractivity contribution in [2.75, 3.05) is 5.73 Å². The van der Waals surface area contributed by atoms with E-state index in [2.05, 4.69) is 0 Å². The van der Waals surface area contributed by atoms with Crippen molar-refractivity contribution in [2.45, 2.75) is 24.9 Å². The van der Waals surface area contributed by atoms with Crippen LogP contribution >= 0.6 is 11.6 Å². The molecule has 0 saturated heterocycles. The number of nitrogen functional groups attached to an aromatic ring is 1. The van der Waals surface area contributed by atoms with Crippen LogP contribution in [0.5, 0.6) is 0 Å². The van der Waals surface area contributed by atoms with Crippen LogP contribution in [0.3, 0.4) is 0 Å². The van der Waals surface area contributed by atoms with Crippen molar-refractivity contribution in [3.8, 4) is 0 Å². The van der Waals surface area contributed by atoms with Crippen molar-refractivity contribution in [3.05, 3.63) is 64.7 Å². The van der Waals surface area contributed by atoms with E-state index in [4.69, 9.17) is 22.1 Å². The van der Waals surface area contributed by atoms with Crippen molar-refractivity contribution >= 4 is 23.3 Å². The summed E-state index contributed by atoms with van der Waals surface area (Å²) in [6.07, 6.45) is 1.66. The molecule has 0 radical (unpaired) electrons. The molecule has 3 rings (SSSR count). The minimum Gasteiger partial charge on any atom is -0.460 e. The van der Waals surface area contributed by atoms with Crippen molar-refractivity contribution in [1.29, 1.82) is 0 Å². The van der Waals surface area contributed by atoms with Gasteiger partial charge in [0.15, 0.2) is 0 Å². The van der Waals surface area contributed by atoms with Gasteiger partial charge in [-0.1, -0.05) is 35.9 Å². The molecule has 1 fully saturated rings. The number of carbonyl (C=O) groups is 1. The standard InChI is InChI=1S/C17H16ClNO2/c18-14-5-1-12(2-6-14)11-21-16(20)17(9-10-17)13-3-7-15(19)8-4-13/h1-8H,9-11,19H2. The van der Waals surface area contributed by atoms with Gasteiger partial charge in [0.1, 0.15) is 6.61 Å². The van der Waals surface area contributed by atoms with Crippen LogP contribution in [0.25, 0.3) is 0 Å². The van der Waals surface area contributed by atoms with Crippen LogP contribution in [-0.4, -0.2) is 5.97 Å². The minimum atomic E-state index is -0.472. The minimum absolute atomic E-state index is 0.165. The third-order valence-corrected chi connectivity index (χ3v) is 4.14. The van der Waals surface area contributed by atoms with Gasteiger partial charge in [-0.25, -0.2) is 0 Å². The van der Waals surface area contributed by atoms with Crippen molar-refractivity contribution in [1.82, 2.24) is 0 Å². The lowest BCUT2D eigenvalue weighted by molar-refractivity contribution is -0.148. The molecule has 0 heterocycles. The maximum absolute atomic E-state index is 12.4. The first-order chi connectivity index (χ1) is 10.1. The van der Waals surface area contributed by atoms with Crippen LogP contribution in [0.1, 0.15) is 24.0 Å². The highest BCUT2D eigenvalue weighted by atomic mass is 35.5. The summed E-state index contributed by atoms with van der Waals surface area (Å²) >= 11 is 5.83. The Morgan fingerprint density at radius 3 is 2.29 bits per heavy atom. The van der Waals surface area contributed by atoms with E-state index in [0.29, 0.717) is 10.7 Å². The molecule has 2 N–H and O–H groups in total. The summed E-state index contributed by atoms with van der Waals surface area (Å²) in [6, 6.07) is 14.8. The smallest absolute Gasteiger partial charge is 0.316 e. The van der Waals surface area contributed by atoms with Gasteiger partial charge in [0, 0.05) is 10.7 Å². The molecule has 0 bridgehead atoms. The lowest BCUT2D eigenvalue weighted by atomic mass is 9.96. The molecule has 21 heavy (non-hydrogen) atoms. The number of halogens is 1. The number of nitrogens with two attached hydrogens (primary N) is 1. The fourth-order valence-corrected chi connectivity index (χ4v) is 2.53. The lowest BCUT2D eigenvalue weighted by Crippen LogP contribution is -2.23. The summed E-state index contributed by atoms with van der Waals surface area (Å²) in [7, 11) is 0. The van der Waals surface area contributed by atoms with Gasteiger partial charge in [-0.15, -0.1) is 0 Å². The first-order valence-corrected chi connectivity index (χ1v) is 7.26. The SMILES string of the molecule is Nc1ccc(C2(C(=O)OCc3ccc(Cl)cc3)CC2)cc1. The highest BCUT2D eigenvalue weighted by Crippen LogP contribution is 2.49. The Morgan fingerprint density at radius 1 is 1.10 bits per heavy atom. The molecule has 2 aromatic rings. The fourth-order valence-electron chi connectivity index (χ4n) is 2.41. The van der Waals surface area contributed by atoms with Crippen molar-refractivity contribution in [2.24, 2.45) is 0 Å². The van der Waals surface area contributed by atoms with Gasteiger partial charge >= 0.3 is 5.97 Å². The quantitative estimate of drug-likeness (QED) is 0.692. The molecule has 0 aliphatic heterocycles. The van der Waals surface area contributed by atoms with E-state index >= 15 is 0 Å². The van der Waals surface area contributed by atoms with Gasteiger partial charge in [0.05, 0.1) is 5.41 Å². The molecule has 3 nitrogen and oxygen atoms in total. The third-order valence-electron chi connectivity index (χ3n) is 3.89. The molecule has 0 aromatic heterocycles. The topological polar surface area (TPSA) is 52.3 Å². The molecule has 1 aliphatic carbocycles. The van der Waals surface area contributed by atoms with Gasteiger partial charge in [-0.3, -0.25) is 4.79 Å². The zero-order valence-corrected chi connectivity index (χ0v) is 12.3. The predicted octanol–water partition coefficient (Wildman–Crippen LogP) is 3.70. The molecule has 1 saturated carbocycles. The Morgan fingerprint density at radius 2 is 1.71 bits per heavy atom. The zero-order chi connectivity index (χ0) is 14.9. The van der Waals surface area contributed by atoms with Crippen LogP contribution in [0, 0.1) is 0 Å². The predicted molar refractivity (Wildman–Crippen MR) is 83.0 cm³/mol. The van der Waals surface area contributed by atoms with E-state index in [1.807, 2.05) is 36.4 Å². The van der Waals surface area contributed by atoms with E-state index in [0.717, 1.165) is 24.0 Å². The molecule has 4 heteroatoms.